The summed E-state index contributed by atoms with van der Waals surface area (Å²) in [6, 6.07) is 9.11. The van der Waals surface area contributed by atoms with E-state index in [2.05, 4.69) is 0 Å². The summed E-state index contributed by atoms with van der Waals surface area (Å²) < 4.78 is 4.94. The fourth-order valence-corrected chi connectivity index (χ4v) is 1.36. The second-order valence-electron chi connectivity index (χ2n) is 3.44. The van der Waals surface area contributed by atoms with E-state index < -0.39 is 11.4 Å². The molecule has 0 radical (unpaired) electrons. The maximum atomic E-state index is 11.1. The summed E-state index contributed by atoms with van der Waals surface area (Å²) >= 11 is 0. The molecule has 0 aliphatic rings. The predicted molar refractivity (Wildman–Crippen MR) is 53.3 cm³/mol. The van der Waals surface area contributed by atoms with Gasteiger partial charge >= 0.3 is 5.97 Å². The molecule has 0 aromatic heterocycles. The van der Waals surface area contributed by atoms with Crippen LogP contribution in [0.1, 0.15) is 12.5 Å². The first kappa shape index (κ1) is 10.7. The van der Waals surface area contributed by atoms with Crippen LogP contribution in [0.5, 0.6) is 0 Å². The molecule has 0 saturated heterocycles. The van der Waals surface area contributed by atoms with Crippen LogP contribution in [0.15, 0.2) is 30.3 Å². The fraction of sp³-hybridized carbons (Fsp3) is 0.364. The van der Waals surface area contributed by atoms with E-state index in [1.54, 1.807) is 19.1 Å². The molecule has 0 spiro atoms. The van der Waals surface area contributed by atoms with Gasteiger partial charge in [-0.2, -0.15) is 0 Å². The molecule has 1 atom stereocenters. The van der Waals surface area contributed by atoms with Crippen molar-refractivity contribution < 1.29 is 14.6 Å². The number of hydrogen-bond acceptors (Lipinski definition) is 2. The first-order valence-corrected chi connectivity index (χ1v) is 4.39. The number of carboxylic acid groups (broad SMARTS) is 1. The van der Waals surface area contributed by atoms with Crippen LogP contribution in [0.25, 0.3) is 0 Å². The summed E-state index contributed by atoms with van der Waals surface area (Å²) in [4.78, 5) is 11.1. The Balaban J connectivity index is 3.06. The van der Waals surface area contributed by atoms with E-state index in [4.69, 9.17) is 9.84 Å². The van der Waals surface area contributed by atoms with Gasteiger partial charge in [-0.05, 0) is 12.5 Å². The third-order valence-corrected chi connectivity index (χ3v) is 2.32. The Labute approximate surface area is 83.3 Å². The molecule has 1 aromatic carbocycles. The molecule has 14 heavy (non-hydrogen) atoms. The van der Waals surface area contributed by atoms with Gasteiger partial charge in [0, 0.05) is 7.11 Å². The number of carbonyl (C=O) groups is 1. The molecule has 0 amide bonds. The van der Waals surface area contributed by atoms with Crippen LogP contribution in [0.3, 0.4) is 0 Å². The molecule has 1 aromatic rings. The van der Waals surface area contributed by atoms with Gasteiger partial charge in [-0.3, -0.25) is 4.79 Å². The fourth-order valence-electron chi connectivity index (χ4n) is 1.36. The highest BCUT2D eigenvalue weighted by atomic mass is 16.5. The molecule has 0 aliphatic carbocycles. The zero-order chi connectivity index (χ0) is 10.6. The number of ether oxygens (including phenoxy) is 1. The summed E-state index contributed by atoms with van der Waals surface area (Å²) in [7, 11) is 1.50. The van der Waals surface area contributed by atoms with Crippen molar-refractivity contribution in [2.24, 2.45) is 0 Å². The Morgan fingerprint density at radius 3 is 2.43 bits per heavy atom. The zero-order valence-corrected chi connectivity index (χ0v) is 8.36. The van der Waals surface area contributed by atoms with Gasteiger partial charge in [0.25, 0.3) is 0 Å². The highest BCUT2D eigenvalue weighted by Crippen LogP contribution is 2.24. The van der Waals surface area contributed by atoms with Crippen molar-refractivity contribution >= 4 is 5.97 Å². The van der Waals surface area contributed by atoms with E-state index in [-0.39, 0.29) is 6.61 Å². The second-order valence-corrected chi connectivity index (χ2v) is 3.44. The van der Waals surface area contributed by atoms with E-state index in [1.807, 2.05) is 18.2 Å². The molecule has 1 rings (SSSR count). The lowest BCUT2D eigenvalue weighted by molar-refractivity contribution is -0.145. The normalized spacial score (nSPS) is 14.7. The number of carboxylic acids is 1. The second kappa shape index (κ2) is 4.24. The van der Waals surface area contributed by atoms with Crippen LogP contribution in [-0.2, 0) is 14.9 Å². The molecule has 0 aliphatic heterocycles. The van der Waals surface area contributed by atoms with Crippen LogP contribution in [-0.4, -0.2) is 24.8 Å². The van der Waals surface area contributed by atoms with Crippen LogP contribution in [0, 0.1) is 0 Å². The number of hydrogen-bond donors (Lipinski definition) is 1. The van der Waals surface area contributed by atoms with Crippen molar-refractivity contribution in [2.45, 2.75) is 12.3 Å². The average Bonchev–Trinajstić information content (AvgIpc) is 2.19. The highest BCUT2D eigenvalue weighted by molar-refractivity contribution is 5.81. The summed E-state index contributed by atoms with van der Waals surface area (Å²) in [6.07, 6.45) is 0. The number of benzene rings is 1. The number of rotatable bonds is 4. The first-order valence-electron chi connectivity index (χ1n) is 4.39. The molecule has 76 valence electrons. The van der Waals surface area contributed by atoms with Gasteiger partial charge in [-0.15, -0.1) is 0 Å². The highest BCUT2D eigenvalue weighted by Gasteiger charge is 2.34. The van der Waals surface area contributed by atoms with Gasteiger partial charge in [0.2, 0.25) is 0 Å². The van der Waals surface area contributed by atoms with Crippen molar-refractivity contribution in [3.05, 3.63) is 35.9 Å². The molecule has 1 unspecified atom stereocenters. The van der Waals surface area contributed by atoms with Crippen molar-refractivity contribution in [2.75, 3.05) is 13.7 Å². The monoisotopic (exact) mass is 194 g/mol. The van der Waals surface area contributed by atoms with E-state index >= 15 is 0 Å². The van der Waals surface area contributed by atoms with Crippen LogP contribution in [0.2, 0.25) is 0 Å². The molecule has 0 bridgehead atoms. The lowest BCUT2D eigenvalue weighted by atomic mass is 9.83. The lowest BCUT2D eigenvalue weighted by Gasteiger charge is -2.24. The van der Waals surface area contributed by atoms with E-state index in [1.165, 1.54) is 7.11 Å². The molecule has 0 heterocycles. The van der Waals surface area contributed by atoms with E-state index in [0.29, 0.717) is 0 Å². The van der Waals surface area contributed by atoms with Gasteiger partial charge < -0.3 is 9.84 Å². The smallest absolute Gasteiger partial charge is 0.316 e. The average molecular weight is 194 g/mol. The summed E-state index contributed by atoms with van der Waals surface area (Å²) in [5.41, 5.74) is -0.204. The Hall–Kier alpha value is -1.35. The molecular weight excluding hydrogens is 180 g/mol. The Morgan fingerprint density at radius 1 is 1.43 bits per heavy atom. The van der Waals surface area contributed by atoms with Crippen molar-refractivity contribution in [3.8, 4) is 0 Å². The van der Waals surface area contributed by atoms with Crippen LogP contribution >= 0.6 is 0 Å². The maximum absolute atomic E-state index is 11.1. The molecule has 0 saturated carbocycles. The van der Waals surface area contributed by atoms with Crippen molar-refractivity contribution in [3.63, 3.8) is 0 Å². The SMILES string of the molecule is COCC(C)(C(=O)O)c1ccccc1. The number of methoxy groups -OCH3 is 1. The minimum Gasteiger partial charge on any atom is -0.481 e. The minimum absolute atomic E-state index is 0.173. The van der Waals surface area contributed by atoms with Gasteiger partial charge in [-0.25, -0.2) is 0 Å². The molecule has 1 N–H and O–H groups in total. The molecule has 3 heteroatoms. The Kier molecular flexibility index (Phi) is 3.25. The van der Waals surface area contributed by atoms with E-state index in [0.717, 1.165) is 5.56 Å². The van der Waals surface area contributed by atoms with Gasteiger partial charge in [0.05, 0.1) is 6.61 Å². The van der Waals surface area contributed by atoms with Gasteiger partial charge in [-0.1, -0.05) is 30.3 Å². The third-order valence-electron chi connectivity index (χ3n) is 2.32. The standard InChI is InChI=1S/C11H14O3/c1-11(8-14-2,10(12)13)9-6-4-3-5-7-9/h3-7H,8H2,1-2H3,(H,12,13). The molecule has 3 nitrogen and oxygen atoms in total. The van der Waals surface area contributed by atoms with E-state index in [9.17, 15) is 4.79 Å². The minimum atomic E-state index is -0.962. The molecular formula is C11H14O3. The van der Waals surface area contributed by atoms with Crippen molar-refractivity contribution in [1.82, 2.24) is 0 Å². The Morgan fingerprint density at radius 2 is 2.00 bits per heavy atom. The summed E-state index contributed by atoms with van der Waals surface area (Å²) in [6.45, 7) is 1.83. The van der Waals surface area contributed by atoms with Crippen molar-refractivity contribution in [1.29, 1.82) is 0 Å². The largest absolute Gasteiger partial charge is 0.481 e. The quantitative estimate of drug-likeness (QED) is 0.793. The lowest BCUT2D eigenvalue weighted by Crippen LogP contribution is -2.36. The molecule has 0 fully saturated rings. The predicted octanol–water partition coefficient (Wildman–Crippen LogP) is 1.68. The zero-order valence-electron chi connectivity index (χ0n) is 8.36. The summed E-state index contributed by atoms with van der Waals surface area (Å²) in [5.74, 6) is -0.870. The number of aliphatic carboxylic acids is 1. The van der Waals surface area contributed by atoms with Gasteiger partial charge in [0.1, 0.15) is 5.41 Å². The Bertz CT molecular complexity index is 308. The topological polar surface area (TPSA) is 46.5 Å². The first-order chi connectivity index (χ1) is 6.61. The maximum Gasteiger partial charge on any atom is 0.316 e. The van der Waals surface area contributed by atoms with Crippen LogP contribution in [0.4, 0.5) is 0 Å². The summed E-state index contributed by atoms with van der Waals surface area (Å²) in [5, 5.41) is 9.14. The third kappa shape index (κ3) is 1.93. The van der Waals surface area contributed by atoms with Crippen LogP contribution < -0.4 is 0 Å². The van der Waals surface area contributed by atoms with Gasteiger partial charge in [0.15, 0.2) is 0 Å².